The Kier molecular flexibility index (Phi) is 7.25. The Bertz CT molecular complexity index is 1140. The number of hydrogen-bond donors (Lipinski definition) is 1. The number of Topliss-reactive ketones (excluding diaryl/α,β-unsaturated/α-hetero) is 1. The van der Waals surface area contributed by atoms with Crippen LogP contribution in [0, 0.1) is 0 Å². The van der Waals surface area contributed by atoms with Crippen LogP contribution in [0.15, 0.2) is 46.9 Å². The van der Waals surface area contributed by atoms with Gasteiger partial charge in [0.1, 0.15) is 0 Å². The van der Waals surface area contributed by atoms with E-state index in [1.165, 1.54) is 21.3 Å². The predicted molar refractivity (Wildman–Crippen MR) is 122 cm³/mol. The fourth-order valence-electron chi connectivity index (χ4n) is 3.20. The summed E-state index contributed by atoms with van der Waals surface area (Å²) in [7, 11) is 4.43. The Labute approximate surface area is 184 Å². The summed E-state index contributed by atoms with van der Waals surface area (Å²) < 4.78 is 17.0. The molecule has 8 heteroatoms. The number of carbonyl (C=O) groups is 2. The third-order valence-corrected chi connectivity index (χ3v) is 5.77. The van der Waals surface area contributed by atoms with E-state index in [4.69, 9.17) is 14.2 Å². The first-order valence-corrected chi connectivity index (χ1v) is 10.5. The Morgan fingerprint density at radius 3 is 2.39 bits per heavy atom. The molecule has 7 nitrogen and oxygen atoms in total. The van der Waals surface area contributed by atoms with Crippen molar-refractivity contribution >= 4 is 38.8 Å². The van der Waals surface area contributed by atoms with Crippen LogP contribution in [0.4, 0.5) is 0 Å². The number of hydrogen-bond acceptors (Lipinski definition) is 7. The van der Waals surface area contributed by atoms with Gasteiger partial charge in [-0.25, -0.2) is 5.43 Å². The lowest BCUT2D eigenvalue weighted by atomic mass is 10.0. The van der Waals surface area contributed by atoms with Gasteiger partial charge in [0.25, 0.3) is 0 Å². The summed E-state index contributed by atoms with van der Waals surface area (Å²) in [5, 5.41) is 7.31. The topological polar surface area (TPSA) is 86.2 Å². The van der Waals surface area contributed by atoms with E-state index < -0.39 is 0 Å². The molecular weight excluding hydrogens is 416 g/mol. The fourth-order valence-corrected chi connectivity index (χ4v) is 4.21. The van der Waals surface area contributed by atoms with E-state index in [0.717, 1.165) is 15.6 Å². The minimum Gasteiger partial charge on any atom is -0.493 e. The zero-order valence-corrected chi connectivity index (χ0v) is 18.7. The van der Waals surface area contributed by atoms with Crippen molar-refractivity contribution in [2.75, 3.05) is 21.3 Å². The van der Waals surface area contributed by atoms with Crippen LogP contribution in [0.1, 0.15) is 35.7 Å². The fraction of sp³-hybridized carbons (Fsp3) is 0.261. The average Bonchev–Trinajstić information content (AvgIpc) is 3.24. The minimum absolute atomic E-state index is 0.00248. The summed E-state index contributed by atoms with van der Waals surface area (Å²) in [5.41, 5.74) is 4.55. The molecule has 1 amide bonds. The van der Waals surface area contributed by atoms with Gasteiger partial charge in [-0.2, -0.15) is 5.10 Å². The highest BCUT2D eigenvalue weighted by Crippen LogP contribution is 2.40. The number of thiophene rings is 1. The Balaban J connectivity index is 1.64. The highest BCUT2D eigenvalue weighted by Gasteiger charge is 2.21. The number of fused-ring (bicyclic) bond motifs is 1. The maximum Gasteiger partial charge on any atom is 0.240 e. The van der Waals surface area contributed by atoms with Crippen LogP contribution in [0.3, 0.4) is 0 Å². The summed E-state index contributed by atoms with van der Waals surface area (Å²) in [6, 6.07) is 11.3. The number of nitrogens with one attached hydrogen (secondary N) is 1. The van der Waals surface area contributed by atoms with Gasteiger partial charge in [-0.3, -0.25) is 9.59 Å². The molecule has 0 bridgehead atoms. The summed E-state index contributed by atoms with van der Waals surface area (Å²) in [4.78, 5) is 24.9. The average molecular weight is 441 g/mol. The quantitative estimate of drug-likeness (QED) is 0.302. The smallest absolute Gasteiger partial charge is 0.240 e. The van der Waals surface area contributed by atoms with E-state index in [2.05, 4.69) is 10.5 Å². The van der Waals surface area contributed by atoms with Crippen LogP contribution in [0.25, 0.3) is 10.1 Å². The minimum atomic E-state index is -0.341. The Hall–Kier alpha value is -3.39. The monoisotopic (exact) mass is 440 g/mol. The molecule has 3 rings (SSSR count). The molecule has 0 aliphatic heterocycles. The van der Waals surface area contributed by atoms with Crippen molar-refractivity contribution in [1.29, 1.82) is 0 Å². The second kappa shape index (κ2) is 10.1. The second-order valence-corrected chi connectivity index (χ2v) is 7.59. The van der Waals surface area contributed by atoms with Gasteiger partial charge in [0.15, 0.2) is 17.3 Å². The third-order valence-electron chi connectivity index (χ3n) is 4.80. The van der Waals surface area contributed by atoms with Crippen molar-refractivity contribution in [2.24, 2.45) is 5.10 Å². The molecule has 0 fully saturated rings. The van der Waals surface area contributed by atoms with Crippen molar-refractivity contribution in [3.05, 3.63) is 52.9 Å². The number of rotatable bonds is 9. The Morgan fingerprint density at radius 2 is 1.68 bits per heavy atom. The van der Waals surface area contributed by atoms with Gasteiger partial charge in [-0.05, 0) is 25.1 Å². The van der Waals surface area contributed by atoms with Gasteiger partial charge in [0.2, 0.25) is 11.7 Å². The van der Waals surface area contributed by atoms with Crippen molar-refractivity contribution in [3.8, 4) is 17.2 Å². The van der Waals surface area contributed by atoms with Gasteiger partial charge in [0.05, 0.1) is 32.6 Å². The van der Waals surface area contributed by atoms with Crippen molar-refractivity contribution < 1.29 is 23.8 Å². The molecule has 1 N–H and O–H groups in total. The number of nitrogens with zero attached hydrogens (tertiary/aromatic N) is 1. The maximum absolute atomic E-state index is 12.7. The number of hydrazone groups is 1. The first kappa shape index (κ1) is 22.3. The maximum atomic E-state index is 12.7. The SMILES string of the molecule is COc1ccc(C(=O)CCC(=O)N/N=C(\C)c2csc3ccccc23)c(OC)c1OC. The van der Waals surface area contributed by atoms with Crippen LogP contribution < -0.4 is 19.6 Å². The summed E-state index contributed by atoms with van der Waals surface area (Å²) >= 11 is 1.63. The van der Waals surface area contributed by atoms with E-state index in [1.54, 1.807) is 23.5 Å². The van der Waals surface area contributed by atoms with Crippen LogP contribution >= 0.6 is 11.3 Å². The molecule has 162 valence electrons. The van der Waals surface area contributed by atoms with E-state index in [1.807, 2.05) is 36.6 Å². The molecule has 1 heterocycles. The lowest BCUT2D eigenvalue weighted by Crippen LogP contribution is -2.20. The largest absolute Gasteiger partial charge is 0.493 e. The summed E-state index contributed by atoms with van der Waals surface area (Å²) in [6.07, 6.45) is 0.00508. The molecule has 0 spiro atoms. The molecule has 0 unspecified atom stereocenters. The molecule has 3 aromatic rings. The molecule has 0 aliphatic carbocycles. The first-order chi connectivity index (χ1) is 15.0. The number of benzene rings is 2. The van der Waals surface area contributed by atoms with Crippen molar-refractivity contribution in [3.63, 3.8) is 0 Å². The highest BCUT2D eigenvalue weighted by atomic mass is 32.1. The van der Waals surface area contributed by atoms with Gasteiger partial charge in [0, 0.05) is 33.9 Å². The molecule has 1 aromatic heterocycles. The van der Waals surface area contributed by atoms with Gasteiger partial charge in [-0.15, -0.1) is 11.3 Å². The van der Waals surface area contributed by atoms with Crippen LogP contribution in [-0.2, 0) is 4.79 Å². The highest BCUT2D eigenvalue weighted by molar-refractivity contribution is 7.17. The number of methoxy groups -OCH3 is 3. The molecular formula is C23H24N2O5S. The lowest BCUT2D eigenvalue weighted by molar-refractivity contribution is -0.121. The number of ether oxygens (including phenoxy) is 3. The number of ketones is 1. The molecule has 2 aromatic carbocycles. The van der Waals surface area contributed by atoms with Crippen LogP contribution in [0.2, 0.25) is 0 Å². The zero-order chi connectivity index (χ0) is 22.4. The molecule has 0 saturated carbocycles. The first-order valence-electron chi connectivity index (χ1n) is 9.62. The molecule has 31 heavy (non-hydrogen) atoms. The molecule has 0 saturated heterocycles. The van der Waals surface area contributed by atoms with Crippen LogP contribution in [0.5, 0.6) is 17.2 Å². The predicted octanol–water partition coefficient (Wildman–Crippen LogP) is 4.43. The summed E-state index contributed by atoms with van der Waals surface area (Å²) in [6.45, 7) is 1.84. The molecule has 0 aliphatic rings. The second-order valence-electron chi connectivity index (χ2n) is 6.68. The van der Waals surface area contributed by atoms with Gasteiger partial charge < -0.3 is 14.2 Å². The standard InChI is InChI=1S/C23H24N2O5S/c1-14(17-13-31-20-8-6-5-7-15(17)20)24-25-21(27)12-10-18(26)16-9-11-19(28-2)23(30-4)22(16)29-3/h5-9,11,13H,10,12H2,1-4H3,(H,25,27)/b24-14+. The van der Waals surface area contributed by atoms with Gasteiger partial charge >= 0.3 is 0 Å². The lowest BCUT2D eigenvalue weighted by Gasteiger charge is -2.15. The zero-order valence-electron chi connectivity index (χ0n) is 17.9. The number of amides is 1. The van der Waals surface area contributed by atoms with Crippen molar-refractivity contribution in [1.82, 2.24) is 5.43 Å². The van der Waals surface area contributed by atoms with Crippen molar-refractivity contribution in [2.45, 2.75) is 19.8 Å². The molecule has 0 atom stereocenters. The third kappa shape index (κ3) is 4.86. The van der Waals surface area contributed by atoms with Gasteiger partial charge in [-0.1, -0.05) is 18.2 Å². The van der Waals surface area contributed by atoms with E-state index in [-0.39, 0.29) is 30.3 Å². The number of carbonyl (C=O) groups excluding carboxylic acids is 2. The van der Waals surface area contributed by atoms with E-state index >= 15 is 0 Å². The normalized spacial score (nSPS) is 11.3. The van der Waals surface area contributed by atoms with E-state index in [9.17, 15) is 9.59 Å². The Morgan fingerprint density at radius 1 is 0.935 bits per heavy atom. The molecule has 0 radical (unpaired) electrons. The van der Waals surface area contributed by atoms with E-state index in [0.29, 0.717) is 22.8 Å². The summed E-state index contributed by atoms with van der Waals surface area (Å²) in [5.74, 6) is 0.498. The van der Waals surface area contributed by atoms with Crippen LogP contribution in [-0.4, -0.2) is 38.7 Å².